The lowest BCUT2D eigenvalue weighted by atomic mass is 10.2. The molecule has 2 aromatic heterocycles. The summed E-state index contributed by atoms with van der Waals surface area (Å²) in [7, 11) is -3.75. The van der Waals surface area contributed by atoms with Gasteiger partial charge in [0, 0.05) is 18.3 Å². The number of aryl methyl sites for hydroxylation is 1. The first kappa shape index (κ1) is 13.4. The van der Waals surface area contributed by atoms with E-state index in [-0.39, 0.29) is 15.8 Å². The molecule has 0 aliphatic heterocycles. The van der Waals surface area contributed by atoms with Crippen LogP contribution in [0.1, 0.15) is 30.2 Å². The molecule has 6 nitrogen and oxygen atoms in total. The number of halogens is 1. The van der Waals surface area contributed by atoms with Crippen LogP contribution < -0.4 is 4.72 Å². The van der Waals surface area contributed by atoms with Crippen LogP contribution in [0.2, 0.25) is 5.02 Å². The third-order valence-electron chi connectivity index (χ3n) is 3.06. The van der Waals surface area contributed by atoms with Crippen molar-refractivity contribution in [1.29, 1.82) is 0 Å². The molecule has 0 radical (unpaired) electrons. The summed E-state index contributed by atoms with van der Waals surface area (Å²) in [6, 6.07) is 1.34. The highest BCUT2D eigenvalue weighted by molar-refractivity contribution is 7.92. The second kappa shape index (κ2) is 4.75. The first-order valence-corrected chi connectivity index (χ1v) is 7.93. The zero-order valence-corrected chi connectivity index (χ0v) is 12.2. The van der Waals surface area contributed by atoms with Crippen LogP contribution in [0.25, 0.3) is 0 Å². The van der Waals surface area contributed by atoms with Crippen LogP contribution >= 0.6 is 11.6 Å². The van der Waals surface area contributed by atoms with Gasteiger partial charge in [0.25, 0.3) is 10.0 Å². The van der Waals surface area contributed by atoms with E-state index < -0.39 is 10.0 Å². The van der Waals surface area contributed by atoms with Crippen molar-refractivity contribution in [3.8, 4) is 0 Å². The summed E-state index contributed by atoms with van der Waals surface area (Å²) in [5, 5.41) is 4.09. The highest BCUT2D eigenvalue weighted by Crippen LogP contribution is 2.44. The molecule has 0 unspecified atom stereocenters. The molecule has 2 aromatic rings. The van der Waals surface area contributed by atoms with Gasteiger partial charge in [-0.3, -0.25) is 9.71 Å². The zero-order chi connectivity index (χ0) is 14.3. The Kier molecular flexibility index (Phi) is 3.18. The Morgan fingerprint density at radius 3 is 2.80 bits per heavy atom. The first-order valence-electron chi connectivity index (χ1n) is 6.07. The molecule has 20 heavy (non-hydrogen) atoms. The maximum atomic E-state index is 12.3. The topological polar surface area (TPSA) is 85.1 Å². The summed E-state index contributed by atoms with van der Waals surface area (Å²) in [5.74, 6) is 0.854. The van der Waals surface area contributed by atoms with Crippen LogP contribution in [-0.2, 0) is 10.0 Å². The van der Waals surface area contributed by atoms with Gasteiger partial charge in [0.05, 0.1) is 5.02 Å². The SMILES string of the molecule is Cc1noc(C2CC2)c1NS(=O)(=O)c1cncc(Cl)c1. The van der Waals surface area contributed by atoms with Gasteiger partial charge in [-0.25, -0.2) is 8.42 Å². The molecule has 0 spiro atoms. The molecule has 8 heteroatoms. The predicted octanol–water partition coefficient (Wildman–Crippen LogP) is 2.71. The number of rotatable bonds is 4. The van der Waals surface area contributed by atoms with Gasteiger partial charge in [0.2, 0.25) is 0 Å². The maximum absolute atomic E-state index is 12.3. The lowest BCUT2D eigenvalue weighted by molar-refractivity contribution is 0.381. The Hall–Kier alpha value is -1.60. The summed E-state index contributed by atoms with van der Waals surface area (Å²) in [6.07, 6.45) is 4.60. The number of hydrogen-bond donors (Lipinski definition) is 1. The van der Waals surface area contributed by atoms with E-state index in [0.29, 0.717) is 17.1 Å². The van der Waals surface area contributed by atoms with Crippen molar-refractivity contribution < 1.29 is 12.9 Å². The van der Waals surface area contributed by atoms with Gasteiger partial charge in [-0.05, 0) is 25.8 Å². The van der Waals surface area contributed by atoms with E-state index >= 15 is 0 Å². The highest BCUT2D eigenvalue weighted by Gasteiger charge is 2.33. The summed E-state index contributed by atoms with van der Waals surface area (Å²) < 4.78 is 32.4. The van der Waals surface area contributed by atoms with Gasteiger partial charge in [-0.1, -0.05) is 16.8 Å². The lowest BCUT2D eigenvalue weighted by Gasteiger charge is -2.08. The number of nitrogens with one attached hydrogen (secondary N) is 1. The van der Waals surface area contributed by atoms with Gasteiger partial charge >= 0.3 is 0 Å². The minimum atomic E-state index is -3.75. The monoisotopic (exact) mass is 313 g/mol. The van der Waals surface area contributed by atoms with Crippen LogP contribution in [0.5, 0.6) is 0 Å². The second-order valence-corrected chi connectivity index (χ2v) is 6.84. The van der Waals surface area contributed by atoms with Crippen molar-refractivity contribution in [3.05, 3.63) is 34.9 Å². The molecule has 0 amide bonds. The Morgan fingerprint density at radius 2 is 2.15 bits per heavy atom. The summed E-state index contributed by atoms with van der Waals surface area (Å²) in [6.45, 7) is 1.70. The Labute approximate surface area is 121 Å². The molecule has 1 aliphatic rings. The second-order valence-electron chi connectivity index (χ2n) is 4.73. The van der Waals surface area contributed by atoms with Crippen molar-refractivity contribution in [3.63, 3.8) is 0 Å². The predicted molar refractivity (Wildman–Crippen MR) is 73.3 cm³/mol. The third-order valence-corrected chi connectivity index (χ3v) is 4.59. The molecule has 1 fully saturated rings. The molecular weight excluding hydrogens is 302 g/mol. The van der Waals surface area contributed by atoms with Crippen LogP contribution in [0, 0.1) is 6.92 Å². The van der Waals surface area contributed by atoms with E-state index in [2.05, 4.69) is 14.9 Å². The van der Waals surface area contributed by atoms with Gasteiger partial charge < -0.3 is 4.52 Å². The maximum Gasteiger partial charge on any atom is 0.263 e. The molecule has 106 valence electrons. The first-order chi connectivity index (χ1) is 9.47. The van der Waals surface area contributed by atoms with Crippen LogP contribution in [0.4, 0.5) is 5.69 Å². The van der Waals surface area contributed by atoms with Gasteiger partial charge in [-0.2, -0.15) is 0 Å². The van der Waals surface area contributed by atoms with Crippen LogP contribution in [0.3, 0.4) is 0 Å². The molecule has 0 bridgehead atoms. The average Bonchev–Trinajstić information content (AvgIpc) is 3.17. The summed E-state index contributed by atoms with van der Waals surface area (Å²) >= 11 is 5.77. The molecular formula is C12H12ClN3O3S. The Balaban J connectivity index is 1.96. The fourth-order valence-electron chi connectivity index (χ4n) is 1.87. The quantitative estimate of drug-likeness (QED) is 0.938. The van der Waals surface area contributed by atoms with Gasteiger partial charge in [-0.15, -0.1) is 0 Å². The molecule has 0 atom stereocenters. The fraction of sp³-hybridized carbons (Fsp3) is 0.333. The minimum absolute atomic E-state index is 0.00680. The average molecular weight is 314 g/mol. The van der Waals surface area contributed by atoms with E-state index in [1.807, 2.05) is 0 Å². The molecule has 2 heterocycles. The van der Waals surface area contributed by atoms with Crippen molar-refractivity contribution in [2.45, 2.75) is 30.6 Å². The van der Waals surface area contributed by atoms with Crippen molar-refractivity contribution in [1.82, 2.24) is 10.1 Å². The fourth-order valence-corrected chi connectivity index (χ4v) is 3.22. The molecule has 0 saturated heterocycles. The summed E-state index contributed by atoms with van der Waals surface area (Å²) in [5.41, 5.74) is 0.943. The zero-order valence-electron chi connectivity index (χ0n) is 10.6. The highest BCUT2D eigenvalue weighted by atomic mass is 35.5. The lowest BCUT2D eigenvalue weighted by Crippen LogP contribution is -2.14. The molecule has 3 rings (SSSR count). The molecule has 1 aliphatic carbocycles. The van der Waals surface area contributed by atoms with Crippen LogP contribution in [-0.4, -0.2) is 18.6 Å². The third kappa shape index (κ3) is 2.51. The van der Waals surface area contributed by atoms with Crippen molar-refractivity contribution in [2.24, 2.45) is 0 Å². The minimum Gasteiger partial charge on any atom is -0.359 e. The standard InChI is InChI=1S/C12H12ClN3O3S/c1-7-11(12(19-15-7)8-2-3-8)16-20(17,18)10-4-9(13)5-14-6-10/h4-6,8,16H,2-3H2,1H3. The van der Waals surface area contributed by atoms with Crippen molar-refractivity contribution >= 4 is 27.3 Å². The number of sulfonamides is 1. The normalized spacial score (nSPS) is 15.3. The van der Waals surface area contributed by atoms with E-state index in [9.17, 15) is 8.42 Å². The smallest absolute Gasteiger partial charge is 0.263 e. The van der Waals surface area contributed by atoms with E-state index in [4.69, 9.17) is 16.1 Å². The number of aromatic nitrogens is 2. The van der Waals surface area contributed by atoms with E-state index in [1.165, 1.54) is 18.5 Å². The molecule has 1 saturated carbocycles. The van der Waals surface area contributed by atoms with E-state index in [0.717, 1.165) is 12.8 Å². The Morgan fingerprint density at radius 1 is 1.40 bits per heavy atom. The van der Waals surface area contributed by atoms with Crippen molar-refractivity contribution in [2.75, 3.05) is 4.72 Å². The number of nitrogens with zero attached hydrogens (tertiary/aromatic N) is 2. The number of hydrogen-bond acceptors (Lipinski definition) is 5. The number of pyridine rings is 1. The van der Waals surface area contributed by atoms with Crippen LogP contribution in [0.15, 0.2) is 27.9 Å². The number of anilines is 1. The summed E-state index contributed by atoms with van der Waals surface area (Å²) in [4.78, 5) is 3.79. The molecule has 0 aromatic carbocycles. The largest absolute Gasteiger partial charge is 0.359 e. The van der Waals surface area contributed by atoms with E-state index in [1.54, 1.807) is 6.92 Å². The van der Waals surface area contributed by atoms with Gasteiger partial charge in [0.1, 0.15) is 16.3 Å². The Bertz CT molecular complexity index is 753. The molecule has 1 N–H and O–H groups in total. The van der Waals surface area contributed by atoms with Gasteiger partial charge in [0.15, 0.2) is 5.76 Å².